The predicted molar refractivity (Wildman–Crippen MR) is 106 cm³/mol. The number of benzene rings is 2. The molecule has 0 aromatic heterocycles. The van der Waals surface area contributed by atoms with Crippen LogP contribution in [0.1, 0.15) is 0 Å². The van der Waals surface area contributed by atoms with E-state index >= 15 is 0 Å². The van der Waals surface area contributed by atoms with E-state index in [1.54, 1.807) is 0 Å². The summed E-state index contributed by atoms with van der Waals surface area (Å²) in [5.41, 5.74) is 0. The maximum Gasteiger partial charge on any atom is 0.161 e. The van der Waals surface area contributed by atoms with Crippen LogP contribution < -0.4 is 18.9 Å². The fraction of sp³-hybridized carbons (Fsp3) is 0.455. The van der Waals surface area contributed by atoms with Crippen molar-refractivity contribution in [2.45, 2.75) is 12.2 Å². The van der Waals surface area contributed by atoms with Gasteiger partial charge in [0, 0.05) is 39.3 Å². The number of nitrogens with zero attached hydrogens (tertiary/aromatic N) is 2. The fourth-order valence-corrected chi connectivity index (χ4v) is 4.04. The van der Waals surface area contributed by atoms with Crippen LogP contribution in [0, 0.1) is 0 Å². The van der Waals surface area contributed by atoms with Gasteiger partial charge in [-0.2, -0.15) is 0 Å². The molecule has 3 heterocycles. The molecule has 0 radical (unpaired) electrons. The highest BCUT2D eigenvalue weighted by Gasteiger charge is 2.28. The molecule has 148 valence electrons. The summed E-state index contributed by atoms with van der Waals surface area (Å²) < 4.78 is 23.9. The van der Waals surface area contributed by atoms with E-state index in [0.717, 1.165) is 62.3 Å². The normalized spacial score (nSPS) is 24.7. The van der Waals surface area contributed by atoms with Crippen molar-refractivity contribution in [3.8, 4) is 23.0 Å². The van der Waals surface area contributed by atoms with Gasteiger partial charge in [0.2, 0.25) is 0 Å². The van der Waals surface area contributed by atoms with Crippen molar-refractivity contribution in [3.05, 3.63) is 48.5 Å². The molecule has 6 nitrogen and oxygen atoms in total. The highest BCUT2D eigenvalue weighted by Crippen LogP contribution is 2.32. The van der Waals surface area contributed by atoms with Gasteiger partial charge in [0.15, 0.2) is 23.0 Å². The highest BCUT2D eigenvalue weighted by molar-refractivity contribution is 5.41. The number of hydrogen-bond acceptors (Lipinski definition) is 6. The molecule has 6 heteroatoms. The fourth-order valence-electron chi connectivity index (χ4n) is 4.04. The maximum atomic E-state index is 6.10. The third-order valence-electron chi connectivity index (χ3n) is 5.52. The van der Waals surface area contributed by atoms with Gasteiger partial charge >= 0.3 is 0 Å². The SMILES string of the molecule is c1ccc2c(c1)OC[C@H](CN1CCN(C[C@H]3COc4ccccc4O3)CC1)O2. The zero-order valence-corrected chi connectivity index (χ0v) is 16.0. The second-order valence-corrected chi connectivity index (χ2v) is 7.60. The Morgan fingerprint density at radius 2 is 1.00 bits per heavy atom. The molecule has 1 fully saturated rings. The second kappa shape index (κ2) is 7.89. The van der Waals surface area contributed by atoms with E-state index in [1.165, 1.54) is 0 Å². The summed E-state index contributed by atoms with van der Waals surface area (Å²) in [6.45, 7) is 7.17. The average molecular weight is 382 g/mol. The molecular weight excluding hydrogens is 356 g/mol. The van der Waals surface area contributed by atoms with Gasteiger partial charge in [-0.05, 0) is 24.3 Å². The molecule has 0 spiro atoms. The zero-order chi connectivity index (χ0) is 18.8. The van der Waals surface area contributed by atoms with E-state index in [9.17, 15) is 0 Å². The summed E-state index contributed by atoms with van der Waals surface area (Å²) in [7, 11) is 0. The number of ether oxygens (including phenoxy) is 4. The first-order chi connectivity index (χ1) is 13.8. The number of rotatable bonds is 4. The van der Waals surface area contributed by atoms with E-state index in [0.29, 0.717) is 13.2 Å². The largest absolute Gasteiger partial charge is 0.486 e. The van der Waals surface area contributed by atoms with Gasteiger partial charge in [0.25, 0.3) is 0 Å². The quantitative estimate of drug-likeness (QED) is 0.808. The molecule has 3 aliphatic rings. The minimum atomic E-state index is 0.0908. The lowest BCUT2D eigenvalue weighted by Gasteiger charge is -2.39. The Morgan fingerprint density at radius 1 is 0.607 bits per heavy atom. The van der Waals surface area contributed by atoms with Crippen LogP contribution >= 0.6 is 0 Å². The lowest BCUT2D eigenvalue weighted by atomic mass is 10.2. The molecule has 2 aromatic carbocycles. The lowest BCUT2D eigenvalue weighted by molar-refractivity contribution is 0.0201. The zero-order valence-electron chi connectivity index (χ0n) is 16.0. The molecule has 0 bridgehead atoms. The predicted octanol–water partition coefficient (Wildman–Crippen LogP) is 2.28. The number of piperazine rings is 1. The van der Waals surface area contributed by atoms with Gasteiger partial charge in [0.1, 0.15) is 25.4 Å². The van der Waals surface area contributed by atoms with Crippen molar-refractivity contribution >= 4 is 0 Å². The third kappa shape index (κ3) is 3.88. The molecule has 0 saturated carbocycles. The summed E-state index contributed by atoms with van der Waals surface area (Å²) >= 11 is 0. The minimum absolute atomic E-state index is 0.0908. The van der Waals surface area contributed by atoms with Gasteiger partial charge in [-0.25, -0.2) is 0 Å². The first-order valence-electron chi connectivity index (χ1n) is 10.1. The Balaban J connectivity index is 1.08. The second-order valence-electron chi connectivity index (χ2n) is 7.60. The van der Waals surface area contributed by atoms with Gasteiger partial charge < -0.3 is 18.9 Å². The smallest absolute Gasteiger partial charge is 0.161 e. The van der Waals surface area contributed by atoms with Gasteiger partial charge in [0.05, 0.1) is 0 Å². The van der Waals surface area contributed by atoms with Crippen molar-refractivity contribution in [1.29, 1.82) is 0 Å². The molecule has 28 heavy (non-hydrogen) atoms. The topological polar surface area (TPSA) is 43.4 Å². The molecule has 1 saturated heterocycles. The van der Waals surface area contributed by atoms with E-state index < -0.39 is 0 Å². The Kier molecular flexibility index (Phi) is 4.97. The van der Waals surface area contributed by atoms with Crippen molar-refractivity contribution in [3.63, 3.8) is 0 Å². The van der Waals surface area contributed by atoms with Crippen molar-refractivity contribution in [1.82, 2.24) is 9.80 Å². The monoisotopic (exact) mass is 382 g/mol. The van der Waals surface area contributed by atoms with Gasteiger partial charge in [-0.1, -0.05) is 24.3 Å². The minimum Gasteiger partial charge on any atom is -0.486 e. The van der Waals surface area contributed by atoms with Crippen LogP contribution in [0.25, 0.3) is 0 Å². The Hall–Kier alpha value is -2.44. The molecule has 0 unspecified atom stereocenters. The lowest BCUT2D eigenvalue weighted by Crippen LogP contribution is -2.53. The summed E-state index contributed by atoms with van der Waals surface area (Å²) in [6, 6.07) is 15.8. The average Bonchev–Trinajstić information content (AvgIpc) is 2.75. The van der Waals surface area contributed by atoms with Crippen LogP contribution in [0.2, 0.25) is 0 Å². The summed E-state index contributed by atoms with van der Waals surface area (Å²) in [5.74, 6) is 3.40. The van der Waals surface area contributed by atoms with Crippen molar-refractivity contribution in [2.75, 3.05) is 52.5 Å². The Bertz CT molecular complexity index is 739. The van der Waals surface area contributed by atoms with Gasteiger partial charge in [-0.15, -0.1) is 0 Å². The summed E-state index contributed by atoms with van der Waals surface area (Å²) in [5, 5.41) is 0. The van der Waals surface area contributed by atoms with Crippen LogP contribution in [-0.4, -0.2) is 74.5 Å². The molecular formula is C22H26N2O4. The van der Waals surface area contributed by atoms with Crippen LogP contribution in [0.4, 0.5) is 0 Å². The molecule has 0 amide bonds. The molecule has 5 rings (SSSR count). The summed E-state index contributed by atoms with van der Waals surface area (Å²) in [4.78, 5) is 4.93. The molecule has 3 aliphatic heterocycles. The van der Waals surface area contributed by atoms with Gasteiger partial charge in [-0.3, -0.25) is 9.80 Å². The number of hydrogen-bond donors (Lipinski definition) is 0. The summed E-state index contributed by atoms with van der Waals surface area (Å²) in [6.07, 6.45) is 0.182. The molecule has 0 aliphatic carbocycles. The molecule has 2 atom stereocenters. The van der Waals surface area contributed by atoms with E-state index in [-0.39, 0.29) is 12.2 Å². The highest BCUT2D eigenvalue weighted by atomic mass is 16.6. The third-order valence-corrected chi connectivity index (χ3v) is 5.52. The van der Waals surface area contributed by atoms with Crippen LogP contribution in [0.3, 0.4) is 0 Å². The number of fused-ring (bicyclic) bond motifs is 2. The molecule has 0 N–H and O–H groups in total. The molecule has 2 aromatic rings. The first kappa shape index (κ1) is 17.6. The standard InChI is InChI=1S/C22H26N2O4/c1-3-7-21-19(5-1)25-15-17(27-21)13-23-9-11-24(12-10-23)14-18-16-26-20-6-2-4-8-22(20)28-18/h1-8,17-18H,9-16H2/t17-,18-/m0/s1. The van der Waals surface area contributed by atoms with Crippen LogP contribution in [0.15, 0.2) is 48.5 Å². The van der Waals surface area contributed by atoms with Crippen molar-refractivity contribution in [2.24, 2.45) is 0 Å². The van der Waals surface area contributed by atoms with Crippen molar-refractivity contribution < 1.29 is 18.9 Å². The maximum absolute atomic E-state index is 6.10. The van der Waals surface area contributed by atoms with E-state index in [2.05, 4.69) is 9.80 Å². The van der Waals surface area contributed by atoms with E-state index in [1.807, 2.05) is 48.5 Å². The Morgan fingerprint density at radius 3 is 1.43 bits per heavy atom. The van der Waals surface area contributed by atoms with E-state index in [4.69, 9.17) is 18.9 Å². The van der Waals surface area contributed by atoms with Crippen LogP contribution in [-0.2, 0) is 0 Å². The Labute approximate surface area is 165 Å². The van der Waals surface area contributed by atoms with Crippen LogP contribution in [0.5, 0.6) is 23.0 Å². The first-order valence-corrected chi connectivity index (χ1v) is 10.1. The number of para-hydroxylation sites is 4.